The highest BCUT2D eigenvalue weighted by Crippen LogP contribution is 2.30. The van der Waals surface area contributed by atoms with E-state index in [2.05, 4.69) is 14.9 Å². The van der Waals surface area contributed by atoms with E-state index in [0.717, 1.165) is 18.4 Å². The third-order valence-corrected chi connectivity index (χ3v) is 4.47. The smallest absolute Gasteiger partial charge is 0.309 e. The molecule has 132 valence electrons. The number of carbonyl (C=O) groups excluding carboxylic acids is 1. The minimum absolute atomic E-state index is 0.0415. The molecule has 0 radical (unpaired) electrons. The summed E-state index contributed by atoms with van der Waals surface area (Å²) in [6.45, 7) is 5.65. The molecule has 0 bridgehead atoms. The first kappa shape index (κ1) is 17.2. The second kappa shape index (κ2) is 7.51. The van der Waals surface area contributed by atoms with Crippen LogP contribution in [0.4, 0.5) is 5.95 Å². The lowest BCUT2D eigenvalue weighted by Gasteiger charge is -2.30. The Morgan fingerprint density at radius 1 is 1.32 bits per heavy atom. The van der Waals surface area contributed by atoms with Crippen molar-refractivity contribution in [1.29, 1.82) is 0 Å². The molecule has 0 aliphatic carbocycles. The van der Waals surface area contributed by atoms with Gasteiger partial charge in [-0.15, -0.1) is 0 Å². The van der Waals surface area contributed by atoms with E-state index >= 15 is 0 Å². The van der Waals surface area contributed by atoms with Gasteiger partial charge in [0.2, 0.25) is 5.95 Å². The molecule has 6 heteroatoms. The van der Waals surface area contributed by atoms with Crippen molar-refractivity contribution in [1.82, 2.24) is 9.97 Å². The fourth-order valence-electron chi connectivity index (χ4n) is 3.08. The van der Waals surface area contributed by atoms with Crippen molar-refractivity contribution in [2.45, 2.75) is 26.7 Å². The molecule has 2 aromatic rings. The van der Waals surface area contributed by atoms with Crippen LogP contribution in [0, 0.1) is 12.8 Å². The number of hydrogen-bond donors (Lipinski definition) is 1. The molecule has 0 unspecified atom stereocenters. The SMILES string of the molecule is CCOC(=O)C1CCN(c2nccc(-c3cc(C)ccc3O)n2)CC1. The van der Waals surface area contributed by atoms with Crippen molar-refractivity contribution in [3.63, 3.8) is 0 Å². The lowest BCUT2D eigenvalue weighted by molar-refractivity contribution is -0.148. The van der Waals surface area contributed by atoms with Crippen molar-refractivity contribution in [2.24, 2.45) is 5.92 Å². The quantitative estimate of drug-likeness (QED) is 0.862. The third-order valence-electron chi connectivity index (χ3n) is 4.47. The summed E-state index contributed by atoms with van der Waals surface area (Å²) in [5, 5.41) is 10.1. The number of phenols is 1. The Morgan fingerprint density at radius 3 is 2.80 bits per heavy atom. The summed E-state index contributed by atoms with van der Waals surface area (Å²) in [5.74, 6) is 0.679. The molecule has 1 N–H and O–H groups in total. The molecule has 25 heavy (non-hydrogen) atoms. The van der Waals surface area contributed by atoms with Crippen molar-refractivity contribution in [3.05, 3.63) is 36.0 Å². The summed E-state index contributed by atoms with van der Waals surface area (Å²) >= 11 is 0. The number of aryl methyl sites for hydroxylation is 1. The summed E-state index contributed by atoms with van der Waals surface area (Å²) in [5.41, 5.74) is 2.45. The Labute approximate surface area is 147 Å². The van der Waals surface area contributed by atoms with E-state index in [1.807, 2.05) is 26.0 Å². The molecule has 1 aliphatic rings. The number of ether oxygens (including phenoxy) is 1. The highest BCUT2D eigenvalue weighted by Gasteiger charge is 2.27. The fraction of sp³-hybridized carbons (Fsp3) is 0.421. The molecule has 0 saturated carbocycles. The molecule has 1 fully saturated rings. The molecule has 2 heterocycles. The van der Waals surface area contributed by atoms with Crippen LogP contribution < -0.4 is 4.90 Å². The molecule has 3 rings (SSSR count). The Kier molecular flexibility index (Phi) is 5.16. The average molecular weight is 341 g/mol. The summed E-state index contributed by atoms with van der Waals surface area (Å²) < 4.78 is 5.11. The van der Waals surface area contributed by atoms with Gasteiger partial charge >= 0.3 is 5.97 Å². The van der Waals surface area contributed by atoms with Gasteiger partial charge in [0.1, 0.15) is 5.75 Å². The van der Waals surface area contributed by atoms with E-state index in [1.54, 1.807) is 18.3 Å². The number of aromatic nitrogens is 2. The van der Waals surface area contributed by atoms with Crippen molar-refractivity contribution in [2.75, 3.05) is 24.6 Å². The molecule has 1 aromatic carbocycles. The standard InChI is InChI=1S/C19H23N3O3/c1-3-25-18(24)14-7-10-22(11-8-14)19-20-9-6-16(21-19)15-12-13(2)4-5-17(15)23/h4-6,9,12,14,23H,3,7-8,10-11H2,1-2H3. The van der Waals surface area contributed by atoms with Crippen LogP contribution in [-0.4, -0.2) is 40.7 Å². The van der Waals surface area contributed by atoms with Crippen molar-refractivity contribution in [3.8, 4) is 17.0 Å². The second-order valence-electron chi connectivity index (χ2n) is 6.28. The molecule has 0 spiro atoms. The van der Waals surface area contributed by atoms with Crippen LogP contribution in [0.5, 0.6) is 5.75 Å². The minimum atomic E-state index is -0.110. The number of hydrogen-bond acceptors (Lipinski definition) is 6. The summed E-state index contributed by atoms with van der Waals surface area (Å²) in [7, 11) is 0. The molecule has 1 aliphatic heterocycles. The van der Waals surface area contributed by atoms with Gasteiger partial charge in [-0.3, -0.25) is 4.79 Å². The van der Waals surface area contributed by atoms with Gasteiger partial charge in [-0.2, -0.15) is 0 Å². The summed E-state index contributed by atoms with van der Waals surface area (Å²) in [6, 6.07) is 7.25. The van der Waals surface area contributed by atoms with E-state index < -0.39 is 0 Å². The maximum absolute atomic E-state index is 11.9. The number of nitrogens with zero attached hydrogens (tertiary/aromatic N) is 3. The van der Waals surface area contributed by atoms with Crippen LogP contribution in [0.15, 0.2) is 30.5 Å². The molecule has 0 atom stereocenters. The van der Waals surface area contributed by atoms with Crippen molar-refractivity contribution < 1.29 is 14.6 Å². The van der Waals surface area contributed by atoms with Crippen LogP contribution in [0.25, 0.3) is 11.3 Å². The number of phenolic OH excluding ortho intramolecular Hbond substituents is 1. The molecule has 1 aromatic heterocycles. The van der Waals surface area contributed by atoms with E-state index in [9.17, 15) is 9.90 Å². The van der Waals surface area contributed by atoms with Gasteiger partial charge < -0.3 is 14.7 Å². The fourth-order valence-corrected chi connectivity index (χ4v) is 3.08. The topological polar surface area (TPSA) is 75.5 Å². The summed E-state index contributed by atoms with van der Waals surface area (Å²) in [4.78, 5) is 22.9. The Bertz CT molecular complexity index is 755. The van der Waals surface area contributed by atoms with Gasteiger partial charge in [0.05, 0.1) is 18.2 Å². The van der Waals surface area contributed by atoms with E-state index in [-0.39, 0.29) is 17.6 Å². The van der Waals surface area contributed by atoms with Gasteiger partial charge in [0.15, 0.2) is 0 Å². The van der Waals surface area contributed by atoms with Crippen LogP contribution in [0.2, 0.25) is 0 Å². The van der Waals surface area contributed by atoms with Gasteiger partial charge in [0, 0.05) is 24.8 Å². The number of benzene rings is 1. The van der Waals surface area contributed by atoms with Gasteiger partial charge in [-0.1, -0.05) is 11.6 Å². The van der Waals surface area contributed by atoms with E-state index in [4.69, 9.17) is 4.74 Å². The zero-order valence-corrected chi connectivity index (χ0v) is 14.6. The maximum atomic E-state index is 11.9. The zero-order chi connectivity index (χ0) is 17.8. The highest BCUT2D eigenvalue weighted by molar-refractivity contribution is 5.73. The molecule has 1 saturated heterocycles. The average Bonchev–Trinajstić information content (AvgIpc) is 2.64. The first-order valence-electron chi connectivity index (χ1n) is 8.63. The largest absolute Gasteiger partial charge is 0.507 e. The third kappa shape index (κ3) is 3.90. The molecule has 0 amide bonds. The monoisotopic (exact) mass is 341 g/mol. The molecule has 6 nitrogen and oxygen atoms in total. The lowest BCUT2D eigenvalue weighted by atomic mass is 9.97. The van der Waals surface area contributed by atoms with Crippen LogP contribution >= 0.6 is 0 Å². The first-order valence-corrected chi connectivity index (χ1v) is 8.63. The molecular weight excluding hydrogens is 318 g/mol. The number of aromatic hydroxyl groups is 1. The zero-order valence-electron chi connectivity index (χ0n) is 14.6. The Morgan fingerprint density at radius 2 is 2.08 bits per heavy atom. The van der Waals surface area contributed by atoms with Crippen LogP contribution in [0.3, 0.4) is 0 Å². The maximum Gasteiger partial charge on any atom is 0.309 e. The number of carbonyl (C=O) groups is 1. The summed E-state index contributed by atoms with van der Waals surface area (Å²) in [6.07, 6.45) is 3.18. The van der Waals surface area contributed by atoms with Crippen LogP contribution in [0.1, 0.15) is 25.3 Å². The van der Waals surface area contributed by atoms with E-state index in [0.29, 0.717) is 36.9 Å². The van der Waals surface area contributed by atoms with Gasteiger partial charge in [0.25, 0.3) is 0 Å². The predicted octanol–water partition coefficient (Wildman–Crippen LogP) is 2.94. The number of rotatable bonds is 4. The number of esters is 1. The number of piperidine rings is 1. The van der Waals surface area contributed by atoms with Gasteiger partial charge in [-0.05, 0) is 44.9 Å². The molecular formula is C19H23N3O3. The predicted molar refractivity (Wildman–Crippen MR) is 95.4 cm³/mol. The number of anilines is 1. The first-order chi connectivity index (χ1) is 12.1. The van der Waals surface area contributed by atoms with E-state index in [1.165, 1.54) is 0 Å². The van der Waals surface area contributed by atoms with Crippen molar-refractivity contribution >= 4 is 11.9 Å². The second-order valence-corrected chi connectivity index (χ2v) is 6.28. The Balaban J connectivity index is 1.75. The normalized spacial score (nSPS) is 15.2. The Hall–Kier alpha value is -2.63. The minimum Gasteiger partial charge on any atom is -0.507 e. The highest BCUT2D eigenvalue weighted by atomic mass is 16.5. The lowest BCUT2D eigenvalue weighted by Crippen LogP contribution is -2.37. The van der Waals surface area contributed by atoms with Gasteiger partial charge in [-0.25, -0.2) is 9.97 Å². The van der Waals surface area contributed by atoms with Crippen LogP contribution in [-0.2, 0) is 9.53 Å².